The Bertz CT molecular complexity index is 794. The minimum Gasteiger partial charge on any atom is -0.480 e. The SMILES string of the molecule is CCOC(=O)N1CCN(C(=O)[C@H](CC)Oc2cccc3ccccc23)CC1. The van der Waals surface area contributed by atoms with E-state index < -0.39 is 6.10 Å². The van der Waals surface area contributed by atoms with Gasteiger partial charge in [0.25, 0.3) is 5.91 Å². The number of hydrogen-bond donors (Lipinski definition) is 0. The molecule has 27 heavy (non-hydrogen) atoms. The third-order valence-electron chi connectivity index (χ3n) is 4.78. The molecule has 2 aromatic rings. The molecule has 3 rings (SSSR count). The Kier molecular flexibility index (Phi) is 6.16. The number of benzene rings is 2. The van der Waals surface area contributed by atoms with Crippen molar-refractivity contribution in [3.8, 4) is 5.75 Å². The van der Waals surface area contributed by atoms with Gasteiger partial charge >= 0.3 is 6.09 Å². The van der Waals surface area contributed by atoms with Gasteiger partial charge in [-0.2, -0.15) is 0 Å². The second kappa shape index (κ2) is 8.75. The maximum Gasteiger partial charge on any atom is 0.409 e. The molecule has 0 radical (unpaired) electrons. The van der Waals surface area contributed by atoms with E-state index >= 15 is 0 Å². The lowest BCUT2D eigenvalue weighted by Gasteiger charge is -2.35. The number of carbonyl (C=O) groups excluding carboxylic acids is 2. The van der Waals surface area contributed by atoms with Crippen molar-refractivity contribution in [3.63, 3.8) is 0 Å². The standard InChI is InChI=1S/C21H26N2O4/c1-3-18(27-19-11-7-9-16-8-5-6-10-17(16)19)20(24)22-12-14-23(15-13-22)21(25)26-4-2/h5-11,18H,3-4,12-15H2,1-2H3/t18-/m0/s1. The van der Waals surface area contributed by atoms with Gasteiger partial charge in [0.05, 0.1) is 6.61 Å². The summed E-state index contributed by atoms with van der Waals surface area (Å²) < 4.78 is 11.1. The number of rotatable bonds is 5. The van der Waals surface area contributed by atoms with Crippen molar-refractivity contribution in [2.24, 2.45) is 0 Å². The zero-order valence-electron chi connectivity index (χ0n) is 15.9. The van der Waals surface area contributed by atoms with Gasteiger partial charge in [0.15, 0.2) is 6.10 Å². The second-order valence-corrected chi connectivity index (χ2v) is 6.50. The van der Waals surface area contributed by atoms with Gasteiger partial charge < -0.3 is 19.3 Å². The molecule has 0 bridgehead atoms. The third kappa shape index (κ3) is 4.32. The number of hydrogen-bond acceptors (Lipinski definition) is 4. The molecule has 0 aliphatic carbocycles. The van der Waals surface area contributed by atoms with Crippen LogP contribution in [0.2, 0.25) is 0 Å². The lowest BCUT2D eigenvalue weighted by Crippen LogP contribution is -2.53. The fourth-order valence-electron chi connectivity index (χ4n) is 3.29. The number of carbonyl (C=O) groups is 2. The van der Waals surface area contributed by atoms with E-state index in [9.17, 15) is 9.59 Å². The largest absolute Gasteiger partial charge is 0.480 e. The molecule has 1 heterocycles. The van der Waals surface area contributed by atoms with E-state index in [1.54, 1.807) is 16.7 Å². The highest BCUT2D eigenvalue weighted by Crippen LogP contribution is 2.27. The molecule has 0 aromatic heterocycles. The lowest BCUT2D eigenvalue weighted by molar-refractivity contribution is -0.140. The molecular formula is C21H26N2O4. The normalized spacial score (nSPS) is 15.5. The Hall–Kier alpha value is -2.76. The summed E-state index contributed by atoms with van der Waals surface area (Å²) in [5, 5.41) is 2.08. The van der Waals surface area contributed by atoms with E-state index in [0.29, 0.717) is 39.2 Å². The van der Waals surface area contributed by atoms with Crippen LogP contribution in [-0.4, -0.2) is 60.7 Å². The number of amides is 2. The van der Waals surface area contributed by atoms with Crippen molar-refractivity contribution < 1.29 is 19.1 Å². The Morgan fingerprint density at radius 3 is 2.33 bits per heavy atom. The summed E-state index contributed by atoms with van der Waals surface area (Å²) in [5.74, 6) is 0.687. The van der Waals surface area contributed by atoms with Crippen LogP contribution in [0.4, 0.5) is 4.79 Å². The third-order valence-corrected chi connectivity index (χ3v) is 4.78. The predicted molar refractivity (Wildman–Crippen MR) is 104 cm³/mol. The van der Waals surface area contributed by atoms with Crippen LogP contribution >= 0.6 is 0 Å². The highest BCUT2D eigenvalue weighted by molar-refractivity contribution is 5.89. The minimum atomic E-state index is -0.537. The number of fused-ring (bicyclic) bond motifs is 1. The molecule has 0 saturated carbocycles. The fraction of sp³-hybridized carbons (Fsp3) is 0.429. The molecular weight excluding hydrogens is 344 g/mol. The van der Waals surface area contributed by atoms with Crippen LogP contribution in [-0.2, 0) is 9.53 Å². The molecule has 2 aromatic carbocycles. The Labute approximate surface area is 159 Å². The van der Waals surface area contributed by atoms with E-state index in [1.165, 1.54) is 0 Å². The van der Waals surface area contributed by atoms with Gasteiger partial charge in [-0.25, -0.2) is 4.79 Å². The zero-order valence-corrected chi connectivity index (χ0v) is 15.9. The van der Waals surface area contributed by atoms with Crippen molar-refractivity contribution in [3.05, 3.63) is 42.5 Å². The van der Waals surface area contributed by atoms with Crippen LogP contribution in [0.25, 0.3) is 10.8 Å². The summed E-state index contributed by atoms with van der Waals surface area (Å²) >= 11 is 0. The van der Waals surface area contributed by atoms with E-state index in [2.05, 4.69) is 0 Å². The Morgan fingerprint density at radius 2 is 1.63 bits per heavy atom. The van der Waals surface area contributed by atoms with Crippen LogP contribution in [0.15, 0.2) is 42.5 Å². The van der Waals surface area contributed by atoms with E-state index in [-0.39, 0.29) is 12.0 Å². The first-order valence-electron chi connectivity index (χ1n) is 9.49. The molecule has 1 aliphatic rings. The topological polar surface area (TPSA) is 59.1 Å². The summed E-state index contributed by atoms with van der Waals surface area (Å²) in [5.41, 5.74) is 0. The average Bonchev–Trinajstić information content (AvgIpc) is 2.72. The van der Waals surface area contributed by atoms with Crippen molar-refractivity contribution in [2.75, 3.05) is 32.8 Å². The summed E-state index contributed by atoms with van der Waals surface area (Å²) in [6.07, 6.45) is -0.270. The molecule has 0 N–H and O–H groups in total. The van der Waals surface area contributed by atoms with Gasteiger partial charge in [-0.05, 0) is 24.8 Å². The Morgan fingerprint density at radius 1 is 0.963 bits per heavy atom. The van der Waals surface area contributed by atoms with Crippen molar-refractivity contribution in [2.45, 2.75) is 26.4 Å². The number of ether oxygens (including phenoxy) is 2. The molecule has 1 atom stereocenters. The van der Waals surface area contributed by atoms with Crippen molar-refractivity contribution in [1.29, 1.82) is 0 Å². The molecule has 1 fully saturated rings. The molecule has 0 spiro atoms. The monoisotopic (exact) mass is 370 g/mol. The van der Waals surface area contributed by atoms with Gasteiger partial charge in [0.2, 0.25) is 0 Å². The summed E-state index contributed by atoms with van der Waals surface area (Å²) in [4.78, 5) is 28.2. The highest BCUT2D eigenvalue weighted by Gasteiger charge is 2.29. The summed E-state index contributed by atoms with van der Waals surface area (Å²) in [6, 6.07) is 13.8. The smallest absolute Gasteiger partial charge is 0.409 e. The molecule has 6 heteroatoms. The maximum absolute atomic E-state index is 12.9. The van der Waals surface area contributed by atoms with Gasteiger partial charge in [-0.3, -0.25) is 4.79 Å². The molecule has 0 unspecified atom stereocenters. The van der Waals surface area contributed by atoms with E-state index in [4.69, 9.17) is 9.47 Å². The second-order valence-electron chi connectivity index (χ2n) is 6.50. The molecule has 1 saturated heterocycles. The van der Waals surface area contributed by atoms with Crippen molar-refractivity contribution in [1.82, 2.24) is 9.80 Å². The molecule has 1 aliphatic heterocycles. The van der Waals surface area contributed by atoms with Crippen LogP contribution in [0, 0.1) is 0 Å². The summed E-state index contributed by atoms with van der Waals surface area (Å²) in [6.45, 7) is 6.04. The molecule has 144 valence electrons. The van der Waals surface area contributed by atoms with Crippen LogP contribution in [0.3, 0.4) is 0 Å². The van der Waals surface area contributed by atoms with E-state index in [0.717, 1.165) is 16.5 Å². The van der Waals surface area contributed by atoms with E-state index in [1.807, 2.05) is 49.4 Å². The highest BCUT2D eigenvalue weighted by atomic mass is 16.6. The van der Waals surface area contributed by atoms with Gasteiger partial charge in [-0.1, -0.05) is 43.3 Å². The summed E-state index contributed by atoms with van der Waals surface area (Å²) in [7, 11) is 0. The van der Waals surface area contributed by atoms with Gasteiger partial charge in [0, 0.05) is 31.6 Å². The lowest BCUT2D eigenvalue weighted by atomic mass is 10.1. The Balaban J connectivity index is 1.65. The molecule has 2 amide bonds. The fourth-order valence-corrected chi connectivity index (χ4v) is 3.29. The minimum absolute atomic E-state index is 0.0334. The number of piperazine rings is 1. The van der Waals surface area contributed by atoms with Crippen LogP contribution in [0.5, 0.6) is 5.75 Å². The number of nitrogens with zero attached hydrogens (tertiary/aromatic N) is 2. The molecule has 6 nitrogen and oxygen atoms in total. The zero-order chi connectivity index (χ0) is 19.2. The maximum atomic E-state index is 12.9. The average molecular weight is 370 g/mol. The van der Waals surface area contributed by atoms with Crippen molar-refractivity contribution >= 4 is 22.8 Å². The van der Waals surface area contributed by atoms with Crippen LogP contribution < -0.4 is 4.74 Å². The predicted octanol–water partition coefficient (Wildman–Crippen LogP) is 3.30. The van der Waals surface area contributed by atoms with Gasteiger partial charge in [0.1, 0.15) is 5.75 Å². The quantitative estimate of drug-likeness (QED) is 0.810. The first-order valence-corrected chi connectivity index (χ1v) is 9.49. The first-order chi connectivity index (χ1) is 13.1. The van der Waals surface area contributed by atoms with Crippen LogP contribution in [0.1, 0.15) is 20.3 Å². The van der Waals surface area contributed by atoms with Gasteiger partial charge in [-0.15, -0.1) is 0 Å². The first kappa shape index (κ1) is 19.0.